The first-order chi connectivity index (χ1) is 14.4. The van der Waals surface area contributed by atoms with E-state index in [0.29, 0.717) is 28.1 Å². The van der Waals surface area contributed by atoms with Crippen molar-refractivity contribution in [2.75, 3.05) is 42.6 Å². The number of morpholine rings is 1. The van der Waals surface area contributed by atoms with Crippen molar-refractivity contribution in [3.8, 4) is 0 Å². The van der Waals surface area contributed by atoms with Gasteiger partial charge >= 0.3 is 6.09 Å². The van der Waals surface area contributed by atoms with E-state index in [4.69, 9.17) is 21.1 Å². The molecular weight excluding hydrogens is 437 g/mol. The number of amides is 2. The molecule has 2 N–H and O–H groups in total. The highest BCUT2D eigenvalue weighted by Gasteiger charge is 2.34. The maximum atomic E-state index is 14.8. The van der Waals surface area contributed by atoms with Crippen LogP contribution in [0.3, 0.4) is 0 Å². The predicted molar refractivity (Wildman–Crippen MR) is 110 cm³/mol. The summed E-state index contributed by atoms with van der Waals surface area (Å²) in [4.78, 5) is 27.6. The predicted octanol–water partition coefficient (Wildman–Crippen LogP) is 2.45. The number of anilines is 2. The van der Waals surface area contributed by atoms with E-state index < -0.39 is 24.2 Å². The molecule has 30 heavy (non-hydrogen) atoms. The van der Waals surface area contributed by atoms with Crippen LogP contribution in [0.15, 0.2) is 30.3 Å². The Morgan fingerprint density at radius 3 is 2.90 bits per heavy atom. The molecule has 2 atom stereocenters. The van der Waals surface area contributed by atoms with Crippen LogP contribution in [0.2, 0.25) is 4.34 Å². The number of halogens is 2. The summed E-state index contributed by atoms with van der Waals surface area (Å²) < 4.78 is 25.7. The van der Waals surface area contributed by atoms with Gasteiger partial charge in [-0.1, -0.05) is 11.6 Å². The van der Waals surface area contributed by atoms with Crippen LogP contribution in [-0.2, 0) is 9.47 Å². The third kappa shape index (κ3) is 4.36. The average Bonchev–Trinajstić information content (AvgIpc) is 3.32. The SMILES string of the molecule is O=C(NC[C@H]1CN(c2ccc(N3CCOCC3O)cc2F)C(=O)O1)c1ccc(Cl)s1. The lowest BCUT2D eigenvalue weighted by Crippen LogP contribution is -2.45. The minimum absolute atomic E-state index is 0.0744. The molecule has 2 aliphatic heterocycles. The lowest BCUT2D eigenvalue weighted by atomic mass is 10.2. The molecule has 0 bridgehead atoms. The molecule has 3 heterocycles. The number of aliphatic hydroxyl groups is 1. The van der Waals surface area contributed by atoms with Gasteiger partial charge in [0.25, 0.3) is 5.91 Å². The number of nitrogens with one attached hydrogen (secondary N) is 1. The number of nitrogens with zero attached hydrogens (tertiary/aromatic N) is 2. The molecule has 1 aromatic heterocycles. The molecule has 1 unspecified atom stereocenters. The average molecular weight is 456 g/mol. The number of rotatable bonds is 5. The highest BCUT2D eigenvalue weighted by Crippen LogP contribution is 2.29. The van der Waals surface area contributed by atoms with E-state index in [-0.39, 0.29) is 31.3 Å². The molecule has 2 fully saturated rings. The number of cyclic esters (lactones) is 1. The van der Waals surface area contributed by atoms with Gasteiger partial charge in [0.05, 0.1) is 41.2 Å². The fourth-order valence-corrected chi connectivity index (χ4v) is 4.30. The molecule has 4 rings (SSSR count). The normalized spacial score (nSPS) is 21.6. The van der Waals surface area contributed by atoms with Crippen molar-refractivity contribution < 1.29 is 28.6 Å². The zero-order valence-corrected chi connectivity index (χ0v) is 17.3. The van der Waals surface area contributed by atoms with Crippen molar-refractivity contribution in [3.63, 3.8) is 0 Å². The maximum Gasteiger partial charge on any atom is 0.414 e. The Labute approximate surface area is 180 Å². The molecule has 11 heteroatoms. The van der Waals surface area contributed by atoms with Gasteiger partial charge < -0.3 is 24.8 Å². The zero-order valence-electron chi connectivity index (χ0n) is 15.7. The molecule has 160 valence electrons. The molecule has 8 nitrogen and oxygen atoms in total. The van der Waals surface area contributed by atoms with Gasteiger partial charge in [-0.3, -0.25) is 9.69 Å². The van der Waals surface area contributed by atoms with Gasteiger partial charge in [-0.2, -0.15) is 0 Å². The smallest absolute Gasteiger partial charge is 0.414 e. The molecule has 1 aromatic carbocycles. The minimum atomic E-state index is -0.855. The van der Waals surface area contributed by atoms with Crippen LogP contribution in [0, 0.1) is 5.82 Å². The van der Waals surface area contributed by atoms with E-state index in [1.54, 1.807) is 23.1 Å². The summed E-state index contributed by atoms with van der Waals surface area (Å²) in [6.45, 7) is 1.21. The lowest BCUT2D eigenvalue weighted by molar-refractivity contribution is 0.00630. The van der Waals surface area contributed by atoms with Crippen LogP contribution < -0.4 is 15.1 Å². The number of benzene rings is 1. The van der Waals surface area contributed by atoms with Crippen molar-refractivity contribution in [2.24, 2.45) is 0 Å². The standard InChI is InChI=1S/C19H19ClFN3O5S/c20-16-4-3-15(30-16)18(26)22-8-12-9-24(19(27)29-12)14-2-1-11(7-13(14)21)23-5-6-28-10-17(23)25/h1-4,7,12,17,25H,5-6,8-10H2,(H,22,26)/t12-,17?/m0/s1. The number of carbonyl (C=O) groups excluding carboxylic acids is 2. The first-order valence-corrected chi connectivity index (χ1v) is 10.5. The largest absolute Gasteiger partial charge is 0.442 e. The second-order valence-electron chi connectivity index (χ2n) is 6.81. The van der Waals surface area contributed by atoms with Crippen molar-refractivity contribution in [1.29, 1.82) is 0 Å². The monoisotopic (exact) mass is 455 g/mol. The van der Waals surface area contributed by atoms with Crippen LogP contribution in [-0.4, -0.2) is 62.3 Å². The summed E-state index contributed by atoms with van der Waals surface area (Å²) in [6, 6.07) is 7.61. The summed E-state index contributed by atoms with van der Waals surface area (Å²) in [6.07, 6.45) is -2.16. The topological polar surface area (TPSA) is 91.3 Å². The van der Waals surface area contributed by atoms with E-state index in [1.165, 1.54) is 17.0 Å². The molecule has 2 aromatic rings. The summed E-state index contributed by atoms with van der Waals surface area (Å²) in [5.74, 6) is -0.929. The van der Waals surface area contributed by atoms with Crippen LogP contribution in [0.5, 0.6) is 0 Å². The van der Waals surface area contributed by atoms with Crippen molar-refractivity contribution in [1.82, 2.24) is 5.32 Å². The quantitative estimate of drug-likeness (QED) is 0.719. The molecular formula is C19H19ClFN3O5S. The number of ether oxygens (including phenoxy) is 2. The van der Waals surface area contributed by atoms with Crippen molar-refractivity contribution in [3.05, 3.63) is 45.4 Å². The van der Waals surface area contributed by atoms with Crippen LogP contribution in [0.4, 0.5) is 20.6 Å². The highest BCUT2D eigenvalue weighted by molar-refractivity contribution is 7.17. The zero-order chi connectivity index (χ0) is 21.3. The van der Waals surface area contributed by atoms with Crippen LogP contribution in [0.1, 0.15) is 9.67 Å². The Kier molecular flexibility index (Phi) is 6.09. The van der Waals surface area contributed by atoms with Gasteiger partial charge in [0.1, 0.15) is 11.9 Å². The third-order valence-electron chi connectivity index (χ3n) is 4.82. The van der Waals surface area contributed by atoms with E-state index in [9.17, 15) is 19.1 Å². The molecule has 2 saturated heterocycles. The van der Waals surface area contributed by atoms with Crippen LogP contribution in [0.25, 0.3) is 0 Å². The van der Waals surface area contributed by atoms with E-state index in [1.807, 2.05) is 0 Å². The number of aliphatic hydroxyl groups excluding tert-OH is 1. The van der Waals surface area contributed by atoms with Crippen molar-refractivity contribution >= 4 is 46.3 Å². The Morgan fingerprint density at radius 2 is 2.20 bits per heavy atom. The molecule has 0 saturated carbocycles. The Morgan fingerprint density at radius 1 is 1.37 bits per heavy atom. The van der Waals surface area contributed by atoms with E-state index >= 15 is 0 Å². The van der Waals surface area contributed by atoms with Crippen LogP contribution >= 0.6 is 22.9 Å². The Balaban J connectivity index is 1.39. The Bertz CT molecular complexity index is 958. The fraction of sp³-hybridized carbons (Fsp3) is 0.368. The first-order valence-electron chi connectivity index (χ1n) is 9.26. The van der Waals surface area contributed by atoms with E-state index in [2.05, 4.69) is 5.32 Å². The molecule has 2 aliphatic rings. The summed E-state index contributed by atoms with van der Waals surface area (Å²) in [5.41, 5.74) is 0.573. The van der Waals surface area contributed by atoms with Gasteiger partial charge in [0.15, 0.2) is 6.23 Å². The van der Waals surface area contributed by atoms with Gasteiger partial charge in [0, 0.05) is 12.2 Å². The molecule has 0 aliphatic carbocycles. The van der Waals surface area contributed by atoms with Crippen molar-refractivity contribution in [2.45, 2.75) is 12.3 Å². The summed E-state index contributed by atoms with van der Waals surface area (Å²) in [5, 5.41) is 12.7. The first kappa shape index (κ1) is 20.9. The third-order valence-corrected chi connectivity index (χ3v) is 6.05. The number of thiophene rings is 1. The summed E-state index contributed by atoms with van der Waals surface area (Å²) >= 11 is 6.97. The molecule has 0 spiro atoms. The second-order valence-corrected chi connectivity index (χ2v) is 8.53. The lowest BCUT2D eigenvalue weighted by Gasteiger charge is -2.34. The van der Waals surface area contributed by atoms with Gasteiger partial charge in [-0.25, -0.2) is 9.18 Å². The molecule has 2 amide bonds. The van der Waals surface area contributed by atoms with Gasteiger partial charge in [-0.05, 0) is 30.3 Å². The maximum absolute atomic E-state index is 14.8. The molecule has 0 radical (unpaired) electrons. The van der Waals surface area contributed by atoms with Gasteiger partial charge in [-0.15, -0.1) is 11.3 Å². The fourth-order valence-electron chi connectivity index (χ4n) is 3.34. The highest BCUT2D eigenvalue weighted by atomic mass is 35.5. The van der Waals surface area contributed by atoms with Gasteiger partial charge in [0.2, 0.25) is 0 Å². The summed E-state index contributed by atoms with van der Waals surface area (Å²) in [7, 11) is 0. The Hall–Kier alpha value is -2.40. The number of hydrogen-bond donors (Lipinski definition) is 2. The second kappa shape index (κ2) is 8.76. The number of hydrogen-bond acceptors (Lipinski definition) is 7. The van der Waals surface area contributed by atoms with E-state index in [0.717, 1.165) is 11.3 Å². The number of carbonyl (C=O) groups is 2. The minimum Gasteiger partial charge on any atom is -0.442 e.